The van der Waals surface area contributed by atoms with Crippen LogP contribution in [-0.2, 0) is 0 Å². The smallest absolute Gasteiger partial charge is 0.0318 e. The number of piperidine rings is 2. The number of rotatable bonds is 5. The Labute approximate surface area is 168 Å². The van der Waals surface area contributed by atoms with Crippen LogP contribution in [0.2, 0.25) is 0 Å². The minimum atomic E-state index is 0.186. The lowest BCUT2D eigenvalue weighted by atomic mass is 9.79. The Balaban J connectivity index is 1.93. The molecule has 27 heavy (non-hydrogen) atoms. The molecule has 0 bridgehead atoms. The molecule has 0 aromatic carbocycles. The van der Waals surface area contributed by atoms with Gasteiger partial charge in [-0.25, -0.2) is 0 Å². The molecular formula is C23H46N4. The van der Waals surface area contributed by atoms with Gasteiger partial charge in [-0.05, 0) is 88.0 Å². The van der Waals surface area contributed by atoms with E-state index < -0.39 is 0 Å². The molecule has 0 radical (unpaired) electrons. The summed E-state index contributed by atoms with van der Waals surface area (Å²) in [5.74, 6) is 0. The van der Waals surface area contributed by atoms with Gasteiger partial charge in [-0.2, -0.15) is 0 Å². The topological polar surface area (TPSA) is 39.3 Å². The van der Waals surface area contributed by atoms with Crippen molar-refractivity contribution in [1.82, 2.24) is 20.9 Å². The highest BCUT2D eigenvalue weighted by Crippen LogP contribution is 2.32. The summed E-state index contributed by atoms with van der Waals surface area (Å²) >= 11 is 0. The van der Waals surface area contributed by atoms with Crippen LogP contribution in [0.25, 0.3) is 0 Å². The molecule has 158 valence electrons. The third-order valence-electron chi connectivity index (χ3n) is 6.27. The highest BCUT2D eigenvalue weighted by atomic mass is 15.2. The number of nitrogens with zero attached hydrogens (tertiary/aromatic N) is 1. The van der Waals surface area contributed by atoms with Gasteiger partial charge in [0.05, 0.1) is 0 Å². The maximum Gasteiger partial charge on any atom is 0.0318 e. The normalized spacial score (nSPS) is 28.1. The Bertz CT molecular complexity index is 513. The third-order valence-corrected chi connectivity index (χ3v) is 6.27. The maximum absolute atomic E-state index is 3.80. The van der Waals surface area contributed by atoms with Gasteiger partial charge in [0, 0.05) is 53.5 Å². The first-order valence-electron chi connectivity index (χ1n) is 10.8. The molecular weight excluding hydrogens is 332 g/mol. The van der Waals surface area contributed by atoms with Crippen molar-refractivity contribution < 1.29 is 0 Å². The fourth-order valence-electron chi connectivity index (χ4n) is 5.81. The van der Waals surface area contributed by atoms with E-state index in [4.69, 9.17) is 0 Å². The van der Waals surface area contributed by atoms with Crippen molar-refractivity contribution in [3.63, 3.8) is 0 Å². The van der Waals surface area contributed by atoms with Crippen molar-refractivity contribution in [2.75, 3.05) is 13.6 Å². The monoisotopic (exact) mass is 378 g/mol. The number of allylic oxidation sites excluding steroid dienone is 1. The predicted molar refractivity (Wildman–Crippen MR) is 118 cm³/mol. The maximum atomic E-state index is 3.80. The van der Waals surface area contributed by atoms with Crippen molar-refractivity contribution >= 4 is 0 Å². The Morgan fingerprint density at radius 2 is 1.26 bits per heavy atom. The first-order chi connectivity index (χ1) is 12.1. The molecule has 0 aromatic rings. The molecule has 0 amide bonds. The van der Waals surface area contributed by atoms with Crippen molar-refractivity contribution in [2.24, 2.45) is 0 Å². The van der Waals surface area contributed by atoms with E-state index >= 15 is 0 Å². The summed E-state index contributed by atoms with van der Waals surface area (Å²) in [4.78, 5) is 2.50. The summed E-state index contributed by atoms with van der Waals surface area (Å²) in [5.41, 5.74) is 2.15. The van der Waals surface area contributed by atoms with Gasteiger partial charge in [-0.1, -0.05) is 6.08 Å². The summed E-state index contributed by atoms with van der Waals surface area (Å²) in [6.07, 6.45) is 7.10. The van der Waals surface area contributed by atoms with Crippen LogP contribution in [0.4, 0.5) is 0 Å². The molecule has 3 N–H and O–H groups in total. The van der Waals surface area contributed by atoms with Crippen LogP contribution < -0.4 is 16.0 Å². The van der Waals surface area contributed by atoms with Crippen LogP contribution in [-0.4, -0.2) is 52.7 Å². The molecule has 2 fully saturated rings. The highest BCUT2D eigenvalue weighted by Gasteiger charge is 2.39. The lowest BCUT2D eigenvalue weighted by molar-refractivity contribution is 0.0987. The zero-order valence-corrected chi connectivity index (χ0v) is 19.7. The van der Waals surface area contributed by atoms with E-state index in [0.717, 1.165) is 6.54 Å². The molecule has 2 heterocycles. The van der Waals surface area contributed by atoms with Crippen molar-refractivity contribution in [2.45, 2.75) is 122 Å². The molecule has 4 nitrogen and oxygen atoms in total. The standard InChI is InChI=1S/C23H46N4/c1-17(27(10)19-15-22(6,7)26-23(8,9)16-19)11-12-24-18-13-20(2,3)25-21(4,5)14-18/h11,18-19,24-26H,12-16H2,1-10H3/b17-11+. The number of nitrogens with one attached hydrogen (secondary N) is 3. The SMILES string of the molecule is C/C(=C\CNC1CC(C)(C)NC(C)(C)C1)N(C)C1CC(C)(C)NC(C)(C)C1. The van der Waals surface area contributed by atoms with E-state index in [1.165, 1.54) is 31.4 Å². The average molecular weight is 379 g/mol. The second-order valence-electron chi connectivity index (χ2n) is 11.8. The van der Waals surface area contributed by atoms with E-state index in [1.54, 1.807) is 0 Å². The fraction of sp³-hybridized carbons (Fsp3) is 0.913. The van der Waals surface area contributed by atoms with Crippen LogP contribution in [0.3, 0.4) is 0 Å². The first-order valence-corrected chi connectivity index (χ1v) is 10.8. The minimum Gasteiger partial charge on any atom is -0.375 e. The van der Waals surface area contributed by atoms with E-state index in [2.05, 4.69) is 96.3 Å². The van der Waals surface area contributed by atoms with Crippen molar-refractivity contribution in [1.29, 1.82) is 0 Å². The van der Waals surface area contributed by atoms with Crippen LogP contribution in [0, 0.1) is 0 Å². The Kier molecular flexibility index (Phi) is 6.46. The molecule has 0 spiro atoms. The van der Waals surface area contributed by atoms with Crippen LogP contribution in [0.15, 0.2) is 11.8 Å². The second-order valence-corrected chi connectivity index (χ2v) is 11.8. The molecule has 2 aliphatic heterocycles. The van der Waals surface area contributed by atoms with Gasteiger partial charge < -0.3 is 20.9 Å². The quantitative estimate of drug-likeness (QED) is 0.675. The first kappa shape index (κ1) is 22.7. The number of hydrogen-bond donors (Lipinski definition) is 3. The van der Waals surface area contributed by atoms with Gasteiger partial charge in [0.2, 0.25) is 0 Å². The minimum absolute atomic E-state index is 0.186. The van der Waals surface area contributed by atoms with Crippen LogP contribution >= 0.6 is 0 Å². The lowest BCUT2D eigenvalue weighted by Gasteiger charge is -2.49. The van der Waals surface area contributed by atoms with Gasteiger partial charge in [0.1, 0.15) is 0 Å². The molecule has 0 aromatic heterocycles. The summed E-state index contributed by atoms with van der Waals surface area (Å²) in [5, 5.41) is 11.4. The molecule has 0 atom stereocenters. The molecule has 2 saturated heterocycles. The molecule has 2 aliphatic rings. The largest absolute Gasteiger partial charge is 0.375 e. The Hall–Kier alpha value is -0.580. The molecule has 0 saturated carbocycles. The van der Waals surface area contributed by atoms with E-state index in [1.807, 2.05) is 0 Å². The Morgan fingerprint density at radius 3 is 1.70 bits per heavy atom. The molecule has 2 rings (SSSR count). The zero-order valence-electron chi connectivity index (χ0n) is 19.7. The van der Waals surface area contributed by atoms with Crippen LogP contribution in [0.1, 0.15) is 88.0 Å². The highest BCUT2D eigenvalue weighted by molar-refractivity contribution is 5.07. The fourth-order valence-corrected chi connectivity index (χ4v) is 5.81. The van der Waals surface area contributed by atoms with Crippen LogP contribution in [0.5, 0.6) is 0 Å². The molecule has 0 aliphatic carbocycles. The van der Waals surface area contributed by atoms with Crippen molar-refractivity contribution in [3.8, 4) is 0 Å². The van der Waals surface area contributed by atoms with Crippen molar-refractivity contribution in [3.05, 3.63) is 11.8 Å². The van der Waals surface area contributed by atoms with Gasteiger partial charge >= 0.3 is 0 Å². The van der Waals surface area contributed by atoms with Gasteiger partial charge in [0.25, 0.3) is 0 Å². The van der Waals surface area contributed by atoms with Gasteiger partial charge in [0.15, 0.2) is 0 Å². The summed E-state index contributed by atoms with van der Waals surface area (Å²) in [7, 11) is 2.27. The second kappa shape index (κ2) is 7.68. The lowest BCUT2D eigenvalue weighted by Crippen LogP contribution is -2.61. The molecule has 4 heteroatoms. The van der Waals surface area contributed by atoms with Gasteiger partial charge in [-0.15, -0.1) is 0 Å². The third kappa shape index (κ3) is 6.76. The molecule has 0 unspecified atom stereocenters. The summed E-state index contributed by atoms with van der Waals surface area (Å²) < 4.78 is 0. The average Bonchev–Trinajstić information content (AvgIpc) is 2.39. The van der Waals surface area contributed by atoms with Gasteiger partial charge in [-0.3, -0.25) is 0 Å². The zero-order chi connectivity index (χ0) is 20.7. The van der Waals surface area contributed by atoms with E-state index in [-0.39, 0.29) is 22.2 Å². The predicted octanol–water partition coefficient (Wildman–Crippen LogP) is 4.03. The summed E-state index contributed by atoms with van der Waals surface area (Å²) in [6.45, 7) is 21.8. The summed E-state index contributed by atoms with van der Waals surface area (Å²) in [6, 6.07) is 1.16. The number of hydrogen-bond acceptors (Lipinski definition) is 4. The van der Waals surface area contributed by atoms with E-state index in [0.29, 0.717) is 12.1 Å². The Morgan fingerprint density at radius 1 is 0.852 bits per heavy atom. The van der Waals surface area contributed by atoms with E-state index in [9.17, 15) is 0 Å².